The van der Waals surface area contributed by atoms with Crippen molar-refractivity contribution in [1.82, 2.24) is 15.0 Å². The number of aromatic nitrogens is 3. The molecule has 112 valence electrons. The van der Waals surface area contributed by atoms with Crippen LogP contribution in [-0.4, -0.2) is 34.7 Å². The lowest BCUT2D eigenvalue weighted by atomic mass is 10.2. The molecule has 0 aliphatic rings. The van der Waals surface area contributed by atoms with Crippen LogP contribution in [0.1, 0.15) is 20.8 Å². The zero-order valence-electron chi connectivity index (χ0n) is 12.8. The molecule has 0 bridgehead atoms. The molecule has 0 aliphatic heterocycles. The van der Waals surface area contributed by atoms with Crippen molar-refractivity contribution in [3.8, 4) is 22.8 Å². The van der Waals surface area contributed by atoms with E-state index in [-0.39, 0.29) is 6.10 Å². The van der Waals surface area contributed by atoms with E-state index in [0.29, 0.717) is 23.0 Å². The summed E-state index contributed by atoms with van der Waals surface area (Å²) in [5, 5.41) is 3.16. The summed E-state index contributed by atoms with van der Waals surface area (Å²) in [6, 6.07) is 1.90. The third-order valence-electron chi connectivity index (χ3n) is 2.71. The minimum atomic E-state index is 0.0895. The Labute approximate surface area is 124 Å². The van der Waals surface area contributed by atoms with Crippen molar-refractivity contribution in [2.24, 2.45) is 0 Å². The lowest BCUT2D eigenvalue weighted by Gasteiger charge is -2.13. The summed E-state index contributed by atoms with van der Waals surface area (Å²) in [5.74, 6) is 1.97. The van der Waals surface area contributed by atoms with E-state index in [4.69, 9.17) is 9.47 Å². The Morgan fingerprint density at radius 3 is 2.71 bits per heavy atom. The van der Waals surface area contributed by atoms with Gasteiger partial charge in [-0.3, -0.25) is 4.98 Å². The Kier molecular flexibility index (Phi) is 4.92. The maximum absolute atomic E-state index is 5.67. The Morgan fingerprint density at radius 1 is 1.24 bits per heavy atom. The first-order valence-electron chi connectivity index (χ1n) is 6.90. The number of ether oxygens (including phenoxy) is 2. The number of hydrogen-bond acceptors (Lipinski definition) is 6. The van der Waals surface area contributed by atoms with Crippen LogP contribution < -0.4 is 14.8 Å². The van der Waals surface area contributed by atoms with Crippen molar-refractivity contribution in [2.45, 2.75) is 26.9 Å². The van der Waals surface area contributed by atoms with Gasteiger partial charge in [0.15, 0.2) is 11.6 Å². The second-order valence-corrected chi connectivity index (χ2v) is 4.71. The molecule has 0 fully saturated rings. The maximum atomic E-state index is 5.67. The molecule has 0 amide bonds. The predicted molar refractivity (Wildman–Crippen MR) is 81.7 cm³/mol. The van der Waals surface area contributed by atoms with Crippen LogP contribution in [0.25, 0.3) is 11.3 Å². The van der Waals surface area contributed by atoms with Gasteiger partial charge < -0.3 is 14.8 Å². The van der Waals surface area contributed by atoms with E-state index < -0.39 is 0 Å². The highest BCUT2D eigenvalue weighted by Gasteiger charge is 2.14. The standard InChI is InChI=1S/C15H20N4O2/c1-5-17-15-14(20-4)13(18-9-19-15)11-6-12(8-16-7-11)21-10(2)3/h6-10H,5H2,1-4H3,(H,17,18,19). The van der Waals surface area contributed by atoms with Gasteiger partial charge in [0, 0.05) is 18.3 Å². The average Bonchev–Trinajstić information content (AvgIpc) is 2.47. The molecule has 2 aromatic heterocycles. The Morgan fingerprint density at radius 2 is 2.05 bits per heavy atom. The molecule has 2 heterocycles. The van der Waals surface area contributed by atoms with Crippen LogP contribution in [0.15, 0.2) is 24.8 Å². The molecule has 0 aliphatic carbocycles. The summed E-state index contributed by atoms with van der Waals surface area (Å²) in [5.41, 5.74) is 1.51. The van der Waals surface area contributed by atoms with Crippen LogP contribution in [0.4, 0.5) is 5.82 Å². The topological polar surface area (TPSA) is 69.2 Å². The molecule has 0 radical (unpaired) electrons. The van der Waals surface area contributed by atoms with E-state index in [1.165, 1.54) is 6.33 Å². The zero-order chi connectivity index (χ0) is 15.2. The molecule has 2 rings (SSSR count). The van der Waals surface area contributed by atoms with E-state index in [2.05, 4.69) is 20.3 Å². The minimum Gasteiger partial charge on any atom is -0.491 e. The zero-order valence-corrected chi connectivity index (χ0v) is 12.8. The first-order chi connectivity index (χ1) is 10.2. The summed E-state index contributed by atoms with van der Waals surface area (Å²) >= 11 is 0. The normalized spacial score (nSPS) is 10.5. The highest BCUT2D eigenvalue weighted by molar-refractivity contribution is 5.72. The Hall–Kier alpha value is -2.37. The molecule has 2 aromatic rings. The van der Waals surface area contributed by atoms with E-state index in [1.54, 1.807) is 19.5 Å². The molecule has 1 N–H and O–H groups in total. The molecule has 0 aromatic carbocycles. The van der Waals surface area contributed by atoms with Gasteiger partial charge in [0.25, 0.3) is 0 Å². The maximum Gasteiger partial charge on any atom is 0.187 e. The first kappa shape index (κ1) is 15.0. The third-order valence-corrected chi connectivity index (χ3v) is 2.71. The fraction of sp³-hybridized carbons (Fsp3) is 0.400. The van der Waals surface area contributed by atoms with Gasteiger partial charge in [-0.15, -0.1) is 0 Å². The quantitative estimate of drug-likeness (QED) is 0.881. The Balaban J connectivity index is 2.43. The lowest BCUT2D eigenvalue weighted by molar-refractivity contribution is 0.241. The van der Waals surface area contributed by atoms with E-state index in [1.807, 2.05) is 26.8 Å². The average molecular weight is 288 g/mol. The predicted octanol–water partition coefficient (Wildman–Crippen LogP) is 2.77. The molecule has 6 heteroatoms. The number of rotatable bonds is 6. The largest absolute Gasteiger partial charge is 0.491 e. The van der Waals surface area contributed by atoms with Crippen LogP contribution in [0.2, 0.25) is 0 Å². The van der Waals surface area contributed by atoms with Gasteiger partial charge in [0.1, 0.15) is 17.8 Å². The van der Waals surface area contributed by atoms with Gasteiger partial charge in [-0.1, -0.05) is 0 Å². The highest BCUT2D eigenvalue weighted by atomic mass is 16.5. The van der Waals surface area contributed by atoms with Crippen molar-refractivity contribution in [2.75, 3.05) is 19.0 Å². The number of nitrogens with one attached hydrogen (secondary N) is 1. The van der Waals surface area contributed by atoms with Crippen LogP contribution in [-0.2, 0) is 0 Å². The summed E-state index contributed by atoms with van der Waals surface area (Å²) in [6.07, 6.45) is 5.01. The summed E-state index contributed by atoms with van der Waals surface area (Å²) < 4.78 is 11.1. The highest BCUT2D eigenvalue weighted by Crippen LogP contribution is 2.33. The van der Waals surface area contributed by atoms with Gasteiger partial charge in [-0.25, -0.2) is 9.97 Å². The smallest absolute Gasteiger partial charge is 0.187 e. The molecular formula is C15H20N4O2. The number of anilines is 1. The number of methoxy groups -OCH3 is 1. The number of hydrogen-bond donors (Lipinski definition) is 1. The third kappa shape index (κ3) is 3.59. The van der Waals surface area contributed by atoms with E-state index in [9.17, 15) is 0 Å². The van der Waals surface area contributed by atoms with Crippen molar-refractivity contribution in [3.63, 3.8) is 0 Å². The van der Waals surface area contributed by atoms with Crippen LogP contribution in [0.5, 0.6) is 11.5 Å². The molecule has 0 saturated carbocycles. The molecule has 0 spiro atoms. The second-order valence-electron chi connectivity index (χ2n) is 4.71. The second kappa shape index (κ2) is 6.88. The monoisotopic (exact) mass is 288 g/mol. The summed E-state index contributed by atoms with van der Waals surface area (Å²) in [6.45, 7) is 6.70. The fourth-order valence-electron chi connectivity index (χ4n) is 1.95. The van der Waals surface area contributed by atoms with E-state index in [0.717, 1.165) is 12.1 Å². The van der Waals surface area contributed by atoms with Gasteiger partial charge >= 0.3 is 0 Å². The van der Waals surface area contributed by atoms with Crippen molar-refractivity contribution in [3.05, 3.63) is 24.8 Å². The SMILES string of the molecule is CCNc1ncnc(-c2cncc(OC(C)C)c2)c1OC. The molecule has 21 heavy (non-hydrogen) atoms. The number of pyridine rings is 1. The van der Waals surface area contributed by atoms with Gasteiger partial charge in [0.05, 0.1) is 19.4 Å². The van der Waals surface area contributed by atoms with E-state index >= 15 is 0 Å². The van der Waals surface area contributed by atoms with Gasteiger partial charge in [-0.2, -0.15) is 0 Å². The summed E-state index contributed by atoms with van der Waals surface area (Å²) in [4.78, 5) is 12.7. The lowest BCUT2D eigenvalue weighted by Crippen LogP contribution is -2.06. The Bertz CT molecular complexity index is 602. The van der Waals surface area contributed by atoms with Gasteiger partial charge in [-0.05, 0) is 26.8 Å². The van der Waals surface area contributed by atoms with Crippen LogP contribution in [0.3, 0.4) is 0 Å². The molecule has 0 atom stereocenters. The molecule has 0 saturated heterocycles. The fourth-order valence-corrected chi connectivity index (χ4v) is 1.95. The molecule has 0 unspecified atom stereocenters. The van der Waals surface area contributed by atoms with Gasteiger partial charge in [0.2, 0.25) is 0 Å². The molecular weight excluding hydrogens is 268 g/mol. The van der Waals surface area contributed by atoms with Crippen LogP contribution >= 0.6 is 0 Å². The molecule has 6 nitrogen and oxygen atoms in total. The first-order valence-corrected chi connectivity index (χ1v) is 6.90. The van der Waals surface area contributed by atoms with Crippen LogP contribution in [0, 0.1) is 0 Å². The van der Waals surface area contributed by atoms with Crippen molar-refractivity contribution < 1.29 is 9.47 Å². The minimum absolute atomic E-state index is 0.0895. The van der Waals surface area contributed by atoms with Crippen molar-refractivity contribution >= 4 is 5.82 Å². The summed E-state index contributed by atoms with van der Waals surface area (Å²) in [7, 11) is 1.60. The number of nitrogens with zero attached hydrogens (tertiary/aromatic N) is 3. The van der Waals surface area contributed by atoms with Crippen molar-refractivity contribution in [1.29, 1.82) is 0 Å².